The molecule has 1 N–H and O–H groups in total. The maximum Gasteiger partial charge on any atom is 0.306 e. The summed E-state index contributed by atoms with van der Waals surface area (Å²) < 4.78 is 5.75. The zero-order chi connectivity index (χ0) is 12.1. The molecule has 1 aromatic heterocycles. The minimum absolute atomic E-state index is 0.193. The third-order valence-electron chi connectivity index (χ3n) is 2.35. The van der Waals surface area contributed by atoms with Gasteiger partial charge in [0.25, 0.3) is 0 Å². The molecular weight excluding hydrogens is 236 g/mol. The van der Waals surface area contributed by atoms with E-state index in [-0.39, 0.29) is 5.97 Å². The minimum atomic E-state index is -0.193. The average Bonchev–Trinajstić information content (AvgIpc) is 2.76. The largest absolute Gasteiger partial charge is 0.469 e. The molecule has 1 aromatic carbocycles. The number of hydrogen-bond donors (Lipinski definition) is 1. The first-order valence-corrected chi connectivity index (χ1v) is 6.23. The van der Waals surface area contributed by atoms with Gasteiger partial charge in [0.2, 0.25) is 0 Å². The fourth-order valence-corrected chi connectivity index (χ4v) is 2.42. The average molecular weight is 250 g/mol. The van der Waals surface area contributed by atoms with Crippen molar-refractivity contribution < 1.29 is 9.53 Å². The van der Waals surface area contributed by atoms with Crippen molar-refractivity contribution in [3.8, 4) is 0 Å². The number of esters is 1. The van der Waals surface area contributed by atoms with Gasteiger partial charge in [-0.3, -0.25) is 4.79 Å². The van der Waals surface area contributed by atoms with Crippen LogP contribution in [0.2, 0.25) is 0 Å². The molecule has 0 amide bonds. The van der Waals surface area contributed by atoms with Crippen LogP contribution >= 0.6 is 11.3 Å². The van der Waals surface area contributed by atoms with Gasteiger partial charge in [0.15, 0.2) is 0 Å². The van der Waals surface area contributed by atoms with E-state index in [9.17, 15) is 4.79 Å². The van der Waals surface area contributed by atoms with Crippen LogP contribution in [-0.2, 0) is 16.1 Å². The molecule has 17 heavy (non-hydrogen) atoms. The number of fused-ring (bicyclic) bond motifs is 1. The van der Waals surface area contributed by atoms with Crippen LogP contribution in [0.1, 0.15) is 11.4 Å². The van der Waals surface area contributed by atoms with E-state index < -0.39 is 0 Å². The molecule has 0 radical (unpaired) electrons. The predicted octanol–water partition coefficient (Wildman–Crippen LogP) is 1.95. The Morgan fingerprint density at radius 1 is 1.47 bits per heavy atom. The molecule has 0 aliphatic carbocycles. The summed E-state index contributed by atoms with van der Waals surface area (Å²) in [6, 6.07) is 8.06. The van der Waals surface area contributed by atoms with Crippen molar-refractivity contribution in [2.75, 3.05) is 13.7 Å². The maximum absolute atomic E-state index is 10.9. The first-order valence-electron chi connectivity index (χ1n) is 5.41. The summed E-state index contributed by atoms with van der Waals surface area (Å²) in [6.45, 7) is 1.30. The van der Waals surface area contributed by atoms with E-state index in [1.807, 2.05) is 18.2 Å². The Morgan fingerprint density at radius 3 is 3.06 bits per heavy atom. The Bertz CT molecular complexity index is 477. The van der Waals surface area contributed by atoms with Crippen molar-refractivity contribution in [3.05, 3.63) is 29.3 Å². The van der Waals surface area contributed by atoms with Crippen molar-refractivity contribution in [1.82, 2.24) is 10.3 Å². The lowest BCUT2D eigenvalue weighted by atomic mass is 10.3. The van der Waals surface area contributed by atoms with Crippen molar-refractivity contribution in [1.29, 1.82) is 0 Å². The highest BCUT2D eigenvalue weighted by atomic mass is 32.1. The second-order valence-corrected chi connectivity index (χ2v) is 4.69. The third kappa shape index (κ3) is 3.25. The second-order valence-electron chi connectivity index (χ2n) is 3.58. The molecule has 2 rings (SSSR count). The maximum atomic E-state index is 10.9. The number of nitrogens with one attached hydrogen (secondary N) is 1. The van der Waals surface area contributed by atoms with Crippen LogP contribution in [0.5, 0.6) is 0 Å². The van der Waals surface area contributed by atoms with Gasteiger partial charge in [0.1, 0.15) is 5.01 Å². The van der Waals surface area contributed by atoms with Crippen LogP contribution < -0.4 is 5.32 Å². The first kappa shape index (κ1) is 12.0. The predicted molar refractivity (Wildman–Crippen MR) is 68.0 cm³/mol. The van der Waals surface area contributed by atoms with Crippen molar-refractivity contribution in [3.63, 3.8) is 0 Å². The molecule has 5 heteroatoms. The molecule has 1 heterocycles. The van der Waals surface area contributed by atoms with Crippen LogP contribution in [-0.4, -0.2) is 24.6 Å². The summed E-state index contributed by atoms with van der Waals surface area (Å²) in [7, 11) is 1.40. The summed E-state index contributed by atoms with van der Waals surface area (Å²) in [5, 5.41) is 4.21. The highest BCUT2D eigenvalue weighted by molar-refractivity contribution is 7.18. The third-order valence-corrected chi connectivity index (χ3v) is 3.38. The molecular formula is C12H14N2O2S. The van der Waals surface area contributed by atoms with Gasteiger partial charge in [-0.2, -0.15) is 0 Å². The fourth-order valence-electron chi connectivity index (χ4n) is 1.48. The van der Waals surface area contributed by atoms with Gasteiger partial charge in [0, 0.05) is 13.1 Å². The molecule has 0 aliphatic heterocycles. The number of aromatic nitrogens is 1. The number of para-hydroxylation sites is 1. The van der Waals surface area contributed by atoms with E-state index in [0.29, 0.717) is 19.5 Å². The van der Waals surface area contributed by atoms with Crippen LogP contribution in [0.4, 0.5) is 0 Å². The molecule has 0 saturated heterocycles. The van der Waals surface area contributed by atoms with Gasteiger partial charge in [0.05, 0.1) is 23.7 Å². The monoisotopic (exact) mass is 250 g/mol. The lowest BCUT2D eigenvalue weighted by Crippen LogP contribution is -2.18. The number of methoxy groups -OCH3 is 1. The number of thiazole rings is 1. The smallest absolute Gasteiger partial charge is 0.306 e. The van der Waals surface area contributed by atoms with Crippen molar-refractivity contribution >= 4 is 27.5 Å². The quantitative estimate of drug-likeness (QED) is 0.651. The number of rotatable bonds is 5. The second kappa shape index (κ2) is 5.75. The molecule has 4 nitrogen and oxygen atoms in total. The Kier molecular flexibility index (Phi) is 4.06. The lowest BCUT2D eigenvalue weighted by molar-refractivity contribution is -0.140. The zero-order valence-corrected chi connectivity index (χ0v) is 10.4. The molecule has 0 unspecified atom stereocenters. The summed E-state index contributed by atoms with van der Waals surface area (Å²) in [5.41, 5.74) is 1.03. The summed E-state index contributed by atoms with van der Waals surface area (Å²) in [5.74, 6) is -0.193. The number of carbonyl (C=O) groups is 1. The van der Waals surface area contributed by atoms with Crippen LogP contribution in [0.15, 0.2) is 24.3 Å². The molecule has 0 aliphatic rings. The normalized spacial score (nSPS) is 10.6. The van der Waals surface area contributed by atoms with Crippen molar-refractivity contribution in [2.45, 2.75) is 13.0 Å². The molecule has 2 aromatic rings. The van der Waals surface area contributed by atoms with E-state index in [1.54, 1.807) is 11.3 Å². The Balaban J connectivity index is 1.85. The highest BCUT2D eigenvalue weighted by Crippen LogP contribution is 2.21. The van der Waals surface area contributed by atoms with E-state index in [2.05, 4.69) is 21.1 Å². The lowest BCUT2D eigenvalue weighted by Gasteiger charge is -2.00. The minimum Gasteiger partial charge on any atom is -0.469 e. The van der Waals surface area contributed by atoms with E-state index in [4.69, 9.17) is 0 Å². The van der Waals surface area contributed by atoms with Gasteiger partial charge in [-0.25, -0.2) is 4.98 Å². The number of nitrogens with zero attached hydrogens (tertiary/aromatic N) is 1. The zero-order valence-electron chi connectivity index (χ0n) is 9.60. The Morgan fingerprint density at radius 2 is 2.29 bits per heavy atom. The number of benzene rings is 1. The van der Waals surface area contributed by atoms with E-state index >= 15 is 0 Å². The molecule has 0 saturated carbocycles. The fraction of sp³-hybridized carbons (Fsp3) is 0.333. The van der Waals surface area contributed by atoms with Gasteiger partial charge >= 0.3 is 5.97 Å². The van der Waals surface area contributed by atoms with Crippen LogP contribution in [0.25, 0.3) is 10.2 Å². The number of carbonyl (C=O) groups excluding carboxylic acids is 1. The summed E-state index contributed by atoms with van der Waals surface area (Å²) in [4.78, 5) is 15.4. The number of hydrogen-bond acceptors (Lipinski definition) is 5. The van der Waals surface area contributed by atoms with Crippen LogP contribution in [0, 0.1) is 0 Å². The molecule has 0 spiro atoms. The molecule has 0 atom stereocenters. The number of ether oxygens (including phenoxy) is 1. The van der Waals surface area contributed by atoms with Gasteiger partial charge in [-0.15, -0.1) is 11.3 Å². The SMILES string of the molecule is COC(=O)CCNCc1nc2ccccc2s1. The Hall–Kier alpha value is -1.46. The standard InChI is InChI=1S/C12H14N2O2S/c1-16-12(15)6-7-13-8-11-14-9-4-2-3-5-10(9)17-11/h2-5,13H,6-8H2,1H3. The molecule has 90 valence electrons. The van der Waals surface area contributed by atoms with Crippen LogP contribution in [0.3, 0.4) is 0 Å². The molecule has 0 fully saturated rings. The van der Waals surface area contributed by atoms with Crippen molar-refractivity contribution in [2.24, 2.45) is 0 Å². The van der Waals surface area contributed by atoms with Gasteiger partial charge in [-0.1, -0.05) is 12.1 Å². The highest BCUT2D eigenvalue weighted by Gasteiger charge is 2.03. The summed E-state index contributed by atoms with van der Waals surface area (Å²) in [6.07, 6.45) is 0.390. The summed E-state index contributed by atoms with van der Waals surface area (Å²) >= 11 is 1.67. The van der Waals surface area contributed by atoms with E-state index in [1.165, 1.54) is 11.8 Å². The first-order chi connectivity index (χ1) is 8.29. The van der Waals surface area contributed by atoms with Gasteiger partial charge in [-0.05, 0) is 12.1 Å². The topological polar surface area (TPSA) is 51.2 Å². The van der Waals surface area contributed by atoms with E-state index in [0.717, 1.165) is 10.5 Å². The Labute approximate surface area is 104 Å². The van der Waals surface area contributed by atoms with Gasteiger partial charge < -0.3 is 10.1 Å². The molecule has 0 bridgehead atoms.